The number of carbonyl (C=O) groups excluding carboxylic acids is 2. The molecule has 280 valence electrons. The number of nitrogen functional groups attached to an aromatic ring is 1. The summed E-state index contributed by atoms with van der Waals surface area (Å²) in [5.41, 5.74) is 3.41. The van der Waals surface area contributed by atoms with E-state index in [4.69, 9.17) is 10.6 Å². The van der Waals surface area contributed by atoms with Crippen molar-refractivity contribution in [1.82, 2.24) is 25.0 Å². The van der Waals surface area contributed by atoms with Crippen LogP contribution in [0.1, 0.15) is 39.3 Å². The van der Waals surface area contributed by atoms with Crippen LogP contribution in [0.4, 0.5) is 5.13 Å². The van der Waals surface area contributed by atoms with Crippen molar-refractivity contribution in [3.05, 3.63) is 51.0 Å². The molecule has 3 atom stereocenters. The number of carbonyl (C=O) groups is 4. The molecule has 20 heteroatoms. The Morgan fingerprint density at radius 1 is 1.17 bits per heavy atom. The summed E-state index contributed by atoms with van der Waals surface area (Å²) in [6.45, 7) is 7.24. The summed E-state index contributed by atoms with van der Waals surface area (Å²) in [6, 6.07) is 1.41. The molecule has 3 aromatic rings. The zero-order chi connectivity index (χ0) is 38.2. The van der Waals surface area contributed by atoms with Gasteiger partial charge in [-0.2, -0.15) is 5.10 Å². The number of piperidine rings is 1. The van der Waals surface area contributed by atoms with Gasteiger partial charge in [0, 0.05) is 39.8 Å². The number of oxime groups is 1. The summed E-state index contributed by atoms with van der Waals surface area (Å²) < 4.78 is 1.98. The van der Waals surface area contributed by atoms with Gasteiger partial charge in [0.05, 0.1) is 37.8 Å². The fourth-order valence-electron chi connectivity index (χ4n) is 7.70. The van der Waals surface area contributed by atoms with Gasteiger partial charge in [-0.25, -0.2) is 19.3 Å². The third-order valence-electron chi connectivity index (χ3n) is 10.6. The first-order chi connectivity index (χ1) is 24.9. The largest absolute Gasteiger partial charge is 0.504 e. The molecule has 7 N–H and O–H groups in total. The van der Waals surface area contributed by atoms with E-state index in [2.05, 4.69) is 20.6 Å². The van der Waals surface area contributed by atoms with Gasteiger partial charge in [-0.3, -0.25) is 19.3 Å². The smallest absolute Gasteiger partial charge is 0.352 e. The van der Waals surface area contributed by atoms with Gasteiger partial charge in [0.15, 0.2) is 22.3 Å². The minimum absolute atomic E-state index is 0.00924. The molecule has 0 spiro atoms. The topological polar surface area (TPSA) is 260 Å². The Balaban J connectivity index is 1.09. The van der Waals surface area contributed by atoms with E-state index in [1.54, 1.807) is 0 Å². The highest BCUT2D eigenvalue weighted by atomic mass is 32.2. The number of nitrogens with zero attached hydrogens (tertiary/aromatic N) is 6. The first-order valence-electron chi connectivity index (χ1n) is 16.7. The first kappa shape index (κ1) is 36.2. The molecule has 0 aliphatic carbocycles. The number of carboxylic acids is 2. The van der Waals surface area contributed by atoms with Crippen molar-refractivity contribution in [3.8, 4) is 11.5 Å². The number of amides is 2. The third kappa shape index (κ3) is 6.23. The number of rotatable bonds is 11. The lowest BCUT2D eigenvalue weighted by Gasteiger charge is -2.51. The Hall–Kier alpha value is -5.21. The Kier molecular flexibility index (Phi) is 8.68. The van der Waals surface area contributed by atoms with Crippen LogP contribution in [0.25, 0.3) is 10.8 Å². The minimum atomic E-state index is -1.79. The van der Waals surface area contributed by atoms with Crippen LogP contribution in [-0.2, 0) is 30.6 Å². The SMILES string of the molecule is C[C@@H]1S[C@@H]2[C@H](NC(=O)/C(=N\OC(C)(C)C(=O)O)c3csc(N)n3)C(=O)N2C(C(=O)O)=C1C[N+]12CCC(Cn3ncc4cc(O)c(O)cc4c3=O)(CC1)C2. The number of aromatic nitrogens is 3. The predicted octanol–water partition coefficient (Wildman–Crippen LogP) is 0.868. The highest BCUT2D eigenvalue weighted by molar-refractivity contribution is 8.00. The molecule has 18 nitrogen and oxygen atoms in total. The second-order valence-electron chi connectivity index (χ2n) is 14.6. The van der Waals surface area contributed by atoms with Crippen molar-refractivity contribution in [2.75, 3.05) is 31.9 Å². The lowest BCUT2D eigenvalue weighted by Crippen LogP contribution is -2.71. The number of hydrogen-bond acceptors (Lipinski definition) is 14. The summed E-state index contributed by atoms with van der Waals surface area (Å²) in [5, 5.41) is 51.6. The average molecular weight is 770 g/mol. The minimum Gasteiger partial charge on any atom is -0.504 e. The van der Waals surface area contributed by atoms with Crippen LogP contribution in [-0.4, -0.2) is 122 Å². The third-order valence-corrected chi connectivity index (χ3v) is 12.7. The van der Waals surface area contributed by atoms with Gasteiger partial charge in [-0.05, 0) is 32.9 Å². The van der Waals surface area contributed by atoms with E-state index in [0.29, 0.717) is 35.1 Å². The van der Waals surface area contributed by atoms with Crippen LogP contribution in [0.15, 0.2) is 44.9 Å². The van der Waals surface area contributed by atoms with Crippen molar-refractivity contribution >= 4 is 68.5 Å². The van der Waals surface area contributed by atoms with Crippen molar-refractivity contribution < 1.29 is 48.9 Å². The lowest BCUT2D eigenvalue weighted by molar-refractivity contribution is -0.905. The van der Waals surface area contributed by atoms with Crippen LogP contribution in [0, 0.1) is 5.41 Å². The van der Waals surface area contributed by atoms with Gasteiger partial charge >= 0.3 is 11.9 Å². The molecule has 6 heterocycles. The molecule has 3 fully saturated rings. The fourth-order valence-corrected chi connectivity index (χ4v) is 9.69. The number of nitrogens with one attached hydrogen (secondary N) is 1. The van der Waals surface area contributed by atoms with Crippen molar-refractivity contribution in [1.29, 1.82) is 0 Å². The van der Waals surface area contributed by atoms with E-state index in [0.717, 1.165) is 37.3 Å². The molecule has 0 radical (unpaired) electrons. The van der Waals surface area contributed by atoms with Gasteiger partial charge in [-0.1, -0.05) is 5.16 Å². The van der Waals surface area contributed by atoms with E-state index >= 15 is 0 Å². The maximum Gasteiger partial charge on any atom is 0.352 e. The summed E-state index contributed by atoms with van der Waals surface area (Å²) >= 11 is 2.37. The summed E-state index contributed by atoms with van der Waals surface area (Å²) in [6.07, 6.45) is 3.03. The standard InChI is InChI=1S/C33H36N8O10S2/c1-15-18(11-41-6-4-33(14-41,5-7-41)13-39-26(45)17-9-21(43)20(42)8-16(17)10-35-39)24(29(47)48)40-27(46)23(28(40)53-15)37-25(44)22(19-12-52-31(34)36-19)38-51-32(2,3)30(49)50/h8-10,12,15,23,28H,4-7,11,13-14H2,1-3H3,(H6-,34,35,36,37,38,42,43,44,45,47,48,49,50)/p+1/t15-,23+,28+,33?,41?/m0/s1. The van der Waals surface area contributed by atoms with Crippen LogP contribution >= 0.6 is 23.1 Å². The highest BCUT2D eigenvalue weighted by Crippen LogP contribution is 2.50. The second kappa shape index (κ2) is 12.7. The number of quaternary nitrogens is 1. The molecule has 2 aromatic heterocycles. The number of fused-ring (bicyclic) bond motifs is 4. The number of carboxylic acid groups (broad SMARTS) is 2. The number of aromatic hydroxyl groups is 2. The van der Waals surface area contributed by atoms with Gasteiger partial charge < -0.3 is 40.8 Å². The van der Waals surface area contributed by atoms with Gasteiger partial charge in [0.1, 0.15) is 29.4 Å². The number of phenolic OH excluding ortho intramolecular Hbond substituents is 2. The fraction of sp³-hybridized carbons (Fsp3) is 0.455. The van der Waals surface area contributed by atoms with Crippen molar-refractivity contribution in [3.63, 3.8) is 0 Å². The van der Waals surface area contributed by atoms with Crippen molar-refractivity contribution in [2.24, 2.45) is 10.6 Å². The normalized spacial score (nSPS) is 26.8. The van der Waals surface area contributed by atoms with Crippen LogP contribution < -0.4 is 16.6 Å². The molecular formula is C33H37N8O10S2+. The quantitative estimate of drug-likeness (QED) is 0.0520. The van der Waals surface area contributed by atoms with E-state index in [-0.39, 0.29) is 43.9 Å². The van der Waals surface area contributed by atoms with Gasteiger partial charge in [0.2, 0.25) is 5.60 Å². The second-order valence-corrected chi connectivity index (χ2v) is 16.9. The molecule has 0 saturated carbocycles. The monoisotopic (exact) mass is 769 g/mol. The summed E-state index contributed by atoms with van der Waals surface area (Å²) in [4.78, 5) is 75.3. The van der Waals surface area contributed by atoms with E-state index in [1.807, 2.05) is 6.92 Å². The Bertz CT molecular complexity index is 2210. The summed E-state index contributed by atoms with van der Waals surface area (Å²) in [7, 11) is 0. The van der Waals surface area contributed by atoms with Crippen LogP contribution in [0.2, 0.25) is 0 Å². The molecule has 1 aromatic carbocycles. The number of thiazole rings is 1. The number of phenols is 2. The molecule has 4 aliphatic heterocycles. The number of anilines is 1. The number of thioether (sulfide) groups is 1. The van der Waals surface area contributed by atoms with Gasteiger partial charge in [-0.15, -0.1) is 23.1 Å². The molecule has 7 rings (SSSR count). The predicted molar refractivity (Wildman–Crippen MR) is 191 cm³/mol. The highest BCUT2D eigenvalue weighted by Gasteiger charge is 2.60. The molecular weight excluding hydrogens is 733 g/mol. The number of β-lactam (4-membered cyclic amide) rings is 1. The molecule has 2 bridgehead atoms. The number of nitrogens with two attached hydrogens (primary N) is 1. The summed E-state index contributed by atoms with van der Waals surface area (Å²) in [5.74, 6) is -4.84. The Morgan fingerprint density at radius 3 is 2.51 bits per heavy atom. The van der Waals surface area contributed by atoms with Gasteiger partial charge in [0.25, 0.3) is 17.4 Å². The zero-order valence-electron chi connectivity index (χ0n) is 28.8. The number of aliphatic carboxylic acids is 2. The average Bonchev–Trinajstić information content (AvgIpc) is 3.80. The van der Waals surface area contributed by atoms with E-state index in [9.17, 15) is 44.4 Å². The Labute approximate surface area is 309 Å². The molecule has 4 aliphatic rings. The molecule has 0 unspecified atom stereocenters. The van der Waals surface area contributed by atoms with E-state index in [1.165, 1.54) is 58.9 Å². The lowest BCUT2D eigenvalue weighted by atomic mass is 9.84. The Morgan fingerprint density at radius 2 is 1.87 bits per heavy atom. The maximum absolute atomic E-state index is 13.6. The van der Waals surface area contributed by atoms with Crippen LogP contribution in [0.3, 0.4) is 0 Å². The van der Waals surface area contributed by atoms with E-state index < -0.39 is 52.2 Å². The molecule has 2 amide bonds. The zero-order valence-corrected chi connectivity index (χ0v) is 30.4. The van der Waals surface area contributed by atoms with Crippen LogP contribution in [0.5, 0.6) is 11.5 Å². The first-order valence-corrected chi connectivity index (χ1v) is 18.5. The maximum atomic E-state index is 13.6. The number of hydrogen-bond donors (Lipinski definition) is 6. The number of benzene rings is 1. The molecule has 53 heavy (non-hydrogen) atoms. The molecule has 3 saturated heterocycles. The van der Waals surface area contributed by atoms with Crippen molar-refractivity contribution in [2.45, 2.75) is 62.4 Å².